The molecule has 7 nitrogen and oxygen atoms in total. The minimum absolute atomic E-state index is 0.218. The van der Waals surface area contributed by atoms with Gasteiger partial charge in [0.2, 0.25) is 11.8 Å². The van der Waals surface area contributed by atoms with E-state index in [2.05, 4.69) is 10.6 Å². The van der Waals surface area contributed by atoms with Gasteiger partial charge in [-0.25, -0.2) is 0 Å². The smallest absolute Gasteiger partial charge is 0.251 e. The molecule has 0 radical (unpaired) electrons. The zero-order chi connectivity index (χ0) is 24.8. The van der Waals surface area contributed by atoms with Crippen molar-refractivity contribution in [3.8, 4) is 5.75 Å². The Bertz CT molecular complexity index is 1270. The number of benzene rings is 3. The number of nitrogens with one attached hydrogen (secondary N) is 2. The Hall–Kier alpha value is -4.39. The fourth-order valence-electron chi connectivity index (χ4n) is 3.90. The highest BCUT2D eigenvalue weighted by Gasteiger charge is 2.37. The molecule has 0 fully saturated rings. The third-order valence-electron chi connectivity index (χ3n) is 5.61. The van der Waals surface area contributed by atoms with Crippen molar-refractivity contribution in [2.75, 3.05) is 22.1 Å². The summed E-state index contributed by atoms with van der Waals surface area (Å²) < 4.78 is 5.57. The maximum Gasteiger partial charge on any atom is 0.251 e. The van der Waals surface area contributed by atoms with Gasteiger partial charge in [-0.3, -0.25) is 19.3 Å². The fourth-order valence-corrected chi connectivity index (χ4v) is 3.90. The van der Waals surface area contributed by atoms with Crippen LogP contribution >= 0.6 is 0 Å². The molecule has 3 aromatic rings. The van der Waals surface area contributed by atoms with Crippen LogP contribution in [0.3, 0.4) is 0 Å². The summed E-state index contributed by atoms with van der Waals surface area (Å²) in [6.45, 7) is 4.30. The van der Waals surface area contributed by atoms with Crippen LogP contribution in [0.25, 0.3) is 6.08 Å². The number of carbonyl (C=O) groups excluding carboxylic acids is 3. The topological polar surface area (TPSA) is 87.7 Å². The van der Waals surface area contributed by atoms with Crippen molar-refractivity contribution < 1.29 is 19.1 Å². The third-order valence-corrected chi connectivity index (χ3v) is 5.61. The Labute approximate surface area is 204 Å². The summed E-state index contributed by atoms with van der Waals surface area (Å²) in [5.41, 5.74) is 3.55. The maximum absolute atomic E-state index is 13.3. The van der Waals surface area contributed by atoms with E-state index < -0.39 is 17.9 Å². The molecule has 1 aliphatic rings. The predicted molar refractivity (Wildman–Crippen MR) is 137 cm³/mol. The molecule has 1 unspecified atom stereocenters. The van der Waals surface area contributed by atoms with Gasteiger partial charge in [0.05, 0.1) is 30.1 Å². The highest BCUT2D eigenvalue weighted by molar-refractivity contribution is 6.16. The summed E-state index contributed by atoms with van der Waals surface area (Å²) in [6.07, 6.45) is 2.91. The molecule has 1 heterocycles. The largest absolute Gasteiger partial charge is 0.492 e. The Balaban J connectivity index is 1.59. The second-order valence-corrected chi connectivity index (χ2v) is 8.16. The molecule has 0 aromatic heterocycles. The first-order valence-corrected chi connectivity index (χ1v) is 11.5. The number of fused-ring (bicyclic) bond motifs is 1. The van der Waals surface area contributed by atoms with E-state index in [0.29, 0.717) is 29.4 Å². The summed E-state index contributed by atoms with van der Waals surface area (Å²) in [7, 11) is 0. The molecule has 7 heteroatoms. The Morgan fingerprint density at radius 3 is 2.51 bits per heavy atom. The first kappa shape index (κ1) is 23.8. The summed E-state index contributed by atoms with van der Waals surface area (Å²) in [5.74, 6) is -0.679. The number of anilines is 3. The number of rotatable bonds is 7. The van der Waals surface area contributed by atoms with E-state index in [1.165, 1.54) is 11.0 Å². The molecule has 3 aromatic carbocycles. The second kappa shape index (κ2) is 10.7. The number of para-hydroxylation sites is 4. The van der Waals surface area contributed by atoms with Crippen LogP contribution in [0.5, 0.6) is 5.75 Å². The van der Waals surface area contributed by atoms with Crippen LogP contribution in [0.4, 0.5) is 17.1 Å². The maximum atomic E-state index is 13.3. The summed E-state index contributed by atoms with van der Waals surface area (Å²) in [6, 6.07) is 20.9. The fraction of sp³-hybridized carbons (Fsp3) is 0.179. The predicted octanol–water partition coefficient (Wildman–Crippen LogP) is 4.79. The molecular weight excluding hydrogens is 442 g/mol. The molecule has 1 aliphatic heterocycles. The van der Waals surface area contributed by atoms with E-state index in [9.17, 15) is 14.4 Å². The van der Waals surface area contributed by atoms with Gasteiger partial charge >= 0.3 is 0 Å². The van der Waals surface area contributed by atoms with Gasteiger partial charge in [-0.05, 0) is 49.8 Å². The third kappa shape index (κ3) is 5.58. The van der Waals surface area contributed by atoms with Gasteiger partial charge in [0, 0.05) is 6.08 Å². The molecule has 0 saturated heterocycles. The molecule has 35 heavy (non-hydrogen) atoms. The van der Waals surface area contributed by atoms with Crippen LogP contribution in [0.1, 0.15) is 24.5 Å². The van der Waals surface area contributed by atoms with Crippen molar-refractivity contribution in [3.63, 3.8) is 0 Å². The normalized spacial score (nSPS) is 14.9. The van der Waals surface area contributed by atoms with Crippen molar-refractivity contribution in [2.24, 2.45) is 0 Å². The van der Waals surface area contributed by atoms with E-state index in [0.717, 1.165) is 11.1 Å². The lowest BCUT2D eigenvalue weighted by molar-refractivity contribution is -0.124. The highest BCUT2D eigenvalue weighted by Crippen LogP contribution is 2.33. The van der Waals surface area contributed by atoms with Crippen LogP contribution in [0.2, 0.25) is 0 Å². The van der Waals surface area contributed by atoms with Gasteiger partial charge in [-0.15, -0.1) is 0 Å². The monoisotopic (exact) mass is 469 g/mol. The lowest BCUT2D eigenvalue weighted by atomic mass is 10.0. The van der Waals surface area contributed by atoms with E-state index in [-0.39, 0.29) is 12.3 Å². The van der Waals surface area contributed by atoms with Gasteiger partial charge in [-0.2, -0.15) is 0 Å². The minimum atomic E-state index is -1.01. The molecule has 4 rings (SSSR count). The van der Waals surface area contributed by atoms with E-state index in [4.69, 9.17) is 4.74 Å². The number of ether oxygens (including phenoxy) is 1. The molecule has 1 atom stereocenters. The zero-order valence-electron chi connectivity index (χ0n) is 19.7. The molecule has 2 N–H and O–H groups in total. The Morgan fingerprint density at radius 2 is 1.74 bits per heavy atom. The van der Waals surface area contributed by atoms with Crippen LogP contribution in [0.15, 0.2) is 78.9 Å². The molecule has 0 spiro atoms. The first-order chi connectivity index (χ1) is 17.0. The van der Waals surface area contributed by atoms with Crippen molar-refractivity contribution >= 4 is 40.9 Å². The number of carbonyl (C=O) groups is 3. The van der Waals surface area contributed by atoms with Crippen LogP contribution in [-0.2, 0) is 14.4 Å². The van der Waals surface area contributed by atoms with E-state index in [1.54, 1.807) is 48.5 Å². The summed E-state index contributed by atoms with van der Waals surface area (Å²) in [4.78, 5) is 40.7. The van der Waals surface area contributed by atoms with E-state index in [1.807, 2.05) is 44.2 Å². The second-order valence-electron chi connectivity index (χ2n) is 8.16. The van der Waals surface area contributed by atoms with Gasteiger partial charge in [-0.1, -0.05) is 54.1 Å². The molecule has 3 amide bonds. The summed E-state index contributed by atoms with van der Waals surface area (Å²) >= 11 is 0. The van der Waals surface area contributed by atoms with Crippen LogP contribution in [0, 0.1) is 6.92 Å². The van der Waals surface area contributed by atoms with Crippen molar-refractivity contribution in [2.45, 2.75) is 26.3 Å². The van der Waals surface area contributed by atoms with Gasteiger partial charge in [0.25, 0.3) is 5.91 Å². The Morgan fingerprint density at radius 1 is 1.03 bits per heavy atom. The SMILES string of the molecule is CCOc1ccccc1NC(=O)CC1C(=O)Nc2ccccc2N1C(=O)C=Cc1ccc(C)cc1. The van der Waals surface area contributed by atoms with Crippen molar-refractivity contribution in [1.82, 2.24) is 0 Å². The lowest BCUT2D eigenvalue weighted by Gasteiger charge is -2.35. The van der Waals surface area contributed by atoms with Gasteiger partial charge < -0.3 is 15.4 Å². The standard InChI is InChI=1S/C28H27N3O4/c1-3-35-25-11-7-5-9-22(25)29-26(32)18-24-28(34)30-21-8-4-6-10-23(21)31(24)27(33)17-16-20-14-12-19(2)13-15-20/h4-17,24H,3,18H2,1-2H3,(H,29,32)(H,30,34). The van der Waals surface area contributed by atoms with Gasteiger partial charge in [0.15, 0.2) is 0 Å². The quantitative estimate of drug-likeness (QED) is 0.487. The van der Waals surface area contributed by atoms with E-state index >= 15 is 0 Å². The first-order valence-electron chi connectivity index (χ1n) is 11.5. The molecule has 0 bridgehead atoms. The van der Waals surface area contributed by atoms with Crippen LogP contribution < -0.4 is 20.3 Å². The van der Waals surface area contributed by atoms with Gasteiger partial charge in [0.1, 0.15) is 11.8 Å². The molecule has 0 saturated carbocycles. The summed E-state index contributed by atoms with van der Waals surface area (Å²) in [5, 5.41) is 5.62. The number of aryl methyl sites for hydroxylation is 1. The molecule has 178 valence electrons. The lowest BCUT2D eigenvalue weighted by Crippen LogP contribution is -2.52. The molecular formula is C28H27N3O4. The van der Waals surface area contributed by atoms with Crippen LogP contribution in [-0.4, -0.2) is 30.4 Å². The number of hydrogen-bond acceptors (Lipinski definition) is 4. The van der Waals surface area contributed by atoms with Crippen molar-refractivity contribution in [1.29, 1.82) is 0 Å². The number of amides is 3. The average Bonchev–Trinajstić information content (AvgIpc) is 2.85. The highest BCUT2D eigenvalue weighted by atomic mass is 16.5. The number of hydrogen-bond donors (Lipinski definition) is 2. The average molecular weight is 470 g/mol. The zero-order valence-corrected chi connectivity index (χ0v) is 19.7. The minimum Gasteiger partial charge on any atom is -0.492 e. The number of nitrogens with zero attached hydrogens (tertiary/aromatic N) is 1. The van der Waals surface area contributed by atoms with Crippen molar-refractivity contribution in [3.05, 3.63) is 90.0 Å². The molecule has 0 aliphatic carbocycles. The Kier molecular flexibility index (Phi) is 7.26.